The number of hydrogen-bond donors (Lipinski definition) is 1. The molecule has 0 saturated carbocycles. The van der Waals surface area contributed by atoms with Crippen LogP contribution in [0.25, 0.3) is 0 Å². The summed E-state index contributed by atoms with van der Waals surface area (Å²) in [5.74, 6) is 0. The second-order valence-electron chi connectivity index (χ2n) is 1.58. The van der Waals surface area contributed by atoms with Gasteiger partial charge in [0.2, 0.25) is 0 Å². The average Bonchev–Trinajstić information content (AvgIpc) is 1.78. The summed E-state index contributed by atoms with van der Waals surface area (Å²) in [4.78, 5) is 4.59. The molecule has 0 aliphatic carbocycles. The SMILES string of the molecule is CNOCCOS(C)(=O)=O. The Morgan fingerprint density at radius 1 is 1.40 bits per heavy atom. The van der Waals surface area contributed by atoms with Crippen LogP contribution in [0.3, 0.4) is 0 Å². The van der Waals surface area contributed by atoms with Crippen molar-refractivity contribution in [1.29, 1.82) is 0 Å². The molecule has 0 bridgehead atoms. The van der Waals surface area contributed by atoms with E-state index in [0.717, 1.165) is 6.26 Å². The van der Waals surface area contributed by atoms with Crippen molar-refractivity contribution in [3.63, 3.8) is 0 Å². The van der Waals surface area contributed by atoms with E-state index in [9.17, 15) is 8.42 Å². The molecule has 0 amide bonds. The van der Waals surface area contributed by atoms with E-state index in [-0.39, 0.29) is 13.2 Å². The molecule has 0 heterocycles. The third-order valence-corrected chi connectivity index (χ3v) is 1.22. The first kappa shape index (κ1) is 9.83. The predicted octanol–water partition coefficient (Wildman–Crippen LogP) is -0.886. The average molecular weight is 169 g/mol. The van der Waals surface area contributed by atoms with Gasteiger partial charge in [0.25, 0.3) is 10.1 Å². The first-order chi connectivity index (χ1) is 4.56. The standard InChI is InChI=1S/C4H11NO4S/c1-5-8-3-4-9-10(2,6)7/h5H,3-4H2,1-2H3. The fraction of sp³-hybridized carbons (Fsp3) is 1.00. The van der Waals surface area contributed by atoms with Crippen LogP contribution in [0.1, 0.15) is 0 Å². The second kappa shape index (κ2) is 4.62. The largest absolute Gasteiger partial charge is 0.300 e. The molecule has 0 aromatic rings. The Balaban J connectivity index is 3.21. The molecule has 0 radical (unpaired) electrons. The lowest BCUT2D eigenvalue weighted by Crippen LogP contribution is -2.14. The lowest BCUT2D eigenvalue weighted by molar-refractivity contribution is 0.0381. The van der Waals surface area contributed by atoms with Crippen LogP contribution in [0.4, 0.5) is 0 Å². The Morgan fingerprint density at radius 3 is 2.40 bits per heavy atom. The van der Waals surface area contributed by atoms with Gasteiger partial charge in [-0.25, -0.2) is 5.48 Å². The molecular weight excluding hydrogens is 158 g/mol. The zero-order valence-corrected chi connectivity index (χ0v) is 6.77. The minimum absolute atomic E-state index is 0.0413. The van der Waals surface area contributed by atoms with E-state index in [1.165, 1.54) is 0 Å². The highest BCUT2D eigenvalue weighted by molar-refractivity contribution is 7.85. The van der Waals surface area contributed by atoms with E-state index >= 15 is 0 Å². The van der Waals surface area contributed by atoms with E-state index < -0.39 is 10.1 Å². The van der Waals surface area contributed by atoms with Crippen molar-refractivity contribution >= 4 is 10.1 Å². The summed E-state index contributed by atoms with van der Waals surface area (Å²) >= 11 is 0. The third kappa shape index (κ3) is 7.83. The molecule has 0 aromatic carbocycles. The molecule has 0 aliphatic rings. The number of hydroxylamine groups is 1. The van der Waals surface area contributed by atoms with Gasteiger partial charge in [-0.1, -0.05) is 0 Å². The van der Waals surface area contributed by atoms with Crippen molar-refractivity contribution in [2.24, 2.45) is 0 Å². The van der Waals surface area contributed by atoms with Crippen molar-refractivity contribution in [3.8, 4) is 0 Å². The predicted molar refractivity (Wildman–Crippen MR) is 35.8 cm³/mol. The van der Waals surface area contributed by atoms with Gasteiger partial charge in [0.15, 0.2) is 0 Å². The van der Waals surface area contributed by atoms with Crippen LogP contribution in [-0.2, 0) is 19.1 Å². The Kier molecular flexibility index (Phi) is 4.54. The van der Waals surface area contributed by atoms with Gasteiger partial charge in [-0.2, -0.15) is 8.42 Å². The number of hydrogen-bond acceptors (Lipinski definition) is 5. The minimum atomic E-state index is -3.31. The van der Waals surface area contributed by atoms with E-state index in [0.29, 0.717) is 0 Å². The van der Waals surface area contributed by atoms with Crippen molar-refractivity contribution < 1.29 is 17.4 Å². The molecule has 0 atom stereocenters. The molecule has 5 nitrogen and oxygen atoms in total. The van der Waals surface area contributed by atoms with Crippen LogP contribution in [0, 0.1) is 0 Å². The van der Waals surface area contributed by atoms with Gasteiger partial charge >= 0.3 is 0 Å². The summed E-state index contributed by atoms with van der Waals surface area (Å²) in [5.41, 5.74) is 2.38. The molecule has 0 spiro atoms. The van der Waals surface area contributed by atoms with E-state index in [1.54, 1.807) is 7.05 Å². The van der Waals surface area contributed by atoms with Gasteiger partial charge in [0, 0.05) is 7.05 Å². The molecule has 10 heavy (non-hydrogen) atoms. The Morgan fingerprint density at radius 2 is 2.00 bits per heavy atom. The van der Waals surface area contributed by atoms with Gasteiger partial charge in [0.1, 0.15) is 0 Å². The maximum atomic E-state index is 10.3. The lowest BCUT2D eigenvalue weighted by atomic mass is 10.8. The molecule has 0 saturated heterocycles. The molecule has 0 unspecified atom stereocenters. The molecule has 1 N–H and O–H groups in total. The quantitative estimate of drug-likeness (QED) is 0.329. The van der Waals surface area contributed by atoms with Crippen molar-refractivity contribution in [3.05, 3.63) is 0 Å². The summed E-state index contributed by atoms with van der Waals surface area (Å²) in [6.45, 7) is 0.253. The fourth-order valence-corrected chi connectivity index (χ4v) is 0.700. The Bertz CT molecular complexity index is 164. The first-order valence-electron chi connectivity index (χ1n) is 2.69. The molecule has 0 aliphatic heterocycles. The minimum Gasteiger partial charge on any atom is -0.300 e. The topological polar surface area (TPSA) is 64.6 Å². The molecular formula is C4H11NO4S. The third-order valence-electron chi connectivity index (χ3n) is 0.627. The summed E-state index contributed by atoms with van der Waals surface area (Å²) in [7, 11) is -1.73. The highest BCUT2D eigenvalue weighted by Gasteiger charge is 1.99. The highest BCUT2D eigenvalue weighted by atomic mass is 32.2. The maximum absolute atomic E-state index is 10.3. The normalized spacial score (nSPS) is 11.8. The van der Waals surface area contributed by atoms with E-state index in [2.05, 4.69) is 14.5 Å². The van der Waals surface area contributed by atoms with Crippen LogP contribution in [0.2, 0.25) is 0 Å². The van der Waals surface area contributed by atoms with Crippen molar-refractivity contribution in [2.45, 2.75) is 0 Å². The van der Waals surface area contributed by atoms with Crippen LogP contribution < -0.4 is 5.48 Å². The fourth-order valence-electron chi connectivity index (χ4n) is 0.329. The second-order valence-corrected chi connectivity index (χ2v) is 3.22. The van der Waals surface area contributed by atoms with Crippen molar-refractivity contribution in [2.75, 3.05) is 26.5 Å². The first-order valence-corrected chi connectivity index (χ1v) is 4.51. The summed E-state index contributed by atoms with van der Waals surface area (Å²) in [6, 6.07) is 0. The van der Waals surface area contributed by atoms with Gasteiger partial charge in [-0.05, 0) is 0 Å². The molecule has 0 rings (SSSR count). The van der Waals surface area contributed by atoms with Crippen LogP contribution in [0.5, 0.6) is 0 Å². The summed E-state index contributed by atoms with van der Waals surface area (Å²) in [5, 5.41) is 0. The Hall–Kier alpha value is -0.170. The smallest absolute Gasteiger partial charge is 0.264 e. The summed E-state index contributed by atoms with van der Waals surface area (Å²) < 4.78 is 24.9. The van der Waals surface area contributed by atoms with E-state index in [1.807, 2.05) is 0 Å². The van der Waals surface area contributed by atoms with Gasteiger partial charge in [-0.3, -0.25) is 9.02 Å². The Labute approximate surface area is 60.4 Å². The van der Waals surface area contributed by atoms with Gasteiger partial charge < -0.3 is 0 Å². The zero-order chi connectivity index (χ0) is 8.04. The number of rotatable bonds is 5. The molecule has 6 heteroatoms. The number of nitrogens with one attached hydrogen (secondary N) is 1. The molecule has 0 fully saturated rings. The highest BCUT2D eigenvalue weighted by Crippen LogP contribution is 1.84. The van der Waals surface area contributed by atoms with Gasteiger partial charge in [0.05, 0.1) is 19.5 Å². The van der Waals surface area contributed by atoms with E-state index in [4.69, 9.17) is 0 Å². The summed E-state index contributed by atoms with van der Waals surface area (Å²) in [6.07, 6.45) is 0.992. The lowest BCUT2D eigenvalue weighted by Gasteiger charge is -2.00. The van der Waals surface area contributed by atoms with Crippen LogP contribution in [0.15, 0.2) is 0 Å². The van der Waals surface area contributed by atoms with Crippen molar-refractivity contribution in [1.82, 2.24) is 5.48 Å². The monoisotopic (exact) mass is 169 g/mol. The molecule has 0 aromatic heterocycles. The van der Waals surface area contributed by atoms with Gasteiger partial charge in [-0.15, -0.1) is 0 Å². The van der Waals surface area contributed by atoms with Crippen LogP contribution >= 0.6 is 0 Å². The van der Waals surface area contributed by atoms with Crippen LogP contribution in [-0.4, -0.2) is 34.9 Å². The molecule has 62 valence electrons. The zero-order valence-electron chi connectivity index (χ0n) is 5.96. The maximum Gasteiger partial charge on any atom is 0.264 e.